The second kappa shape index (κ2) is 4.09. The summed E-state index contributed by atoms with van der Waals surface area (Å²) in [4.78, 5) is 0. The first-order chi connectivity index (χ1) is 6.98. The Morgan fingerprint density at radius 1 is 1.33 bits per heavy atom. The predicted molar refractivity (Wildman–Crippen MR) is 49.0 cm³/mol. The van der Waals surface area contributed by atoms with E-state index in [4.69, 9.17) is 6.42 Å². The molecular formula is C11H6F3O. The number of halogens is 3. The topological polar surface area (TPSA) is 9.23 Å². The zero-order valence-electron chi connectivity index (χ0n) is 7.56. The molecule has 0 aromatic heterocycles. The summed E-state index contributed by atoms with van der Waals surface area (Å²) < 4.78 is 39.7. The Morgan fingerprint density at radius 3 is 2.47 bits per heavy atom. The third kappa shape index (κ3) is 2.78. The van der Waals surface area contributed by atoms with Gasteiger partial charge in [-0.3, -0.25) is 0 Å². The van der Waals surface area contributed by atoms with Crippen LogP contribution in [0.15, 0.2) is 24.8 Å². The highest BCUT2D eigenvalue weighted by Gasteiger charge is 2.32. The lowest BCUT2D eigenvalue weighted by atomic mass is 10.1. The molecule has 77 valence electrons. The summed E-state index contributed by atoms with van der Waals surface area (Å²) in [5.74, 6) is 1.69. The van der Waals surface area contributed by atoms with Crippen LogP contribution in [0.5, 0.6) is 5.75 Å². The normalized spacial score (nSPS) is 10.5. The molecule has 0 aliphatic rings. The smallest absolute Gasteiger partial charge is 0.404 e. The van der Waals surface area contributed by atoms with E-state index in [2.05, 4.69) is 23.3 Å². The molecule has 1 aromatic carbocycles. The largest absolute Gasteiger partial charge is 0.573 e. The molecule has 1 rings (SSSR count). The molecule has 15 heavy (non-hydrogen) atoms. The molecule has 0 heterocycles. The number of rotatable bonds is 2. The van der Waals surface area contributed by atoms with Crippen LogP contribution in [-0.4, -0.2) is 6.36 Å². The van der Waals surface area contributed by atoms with Crippen molar-refractivity contribution in [2.45, 2.75) is 6.36 Å². The molecule has 0 bridgehead atoms. The quantitative estimate of drug-likeness (QED) is 0.683. The molecule has 0 spiro atoms. The van der Waals surface area contributed by atoms with Crippen molar-refractivity contribution in [2.75, 3.05) is 0 Å². The van der Waals surface area contributed by atoms with Crippen LogP contribution < -0.4 is 4.74 Å². The van der Waals surface area contributed by atoms with Gasteiger partial charge < -0.3 is 4.74 Å². The fourth-order valence-electron chi connectivity index (χ4n) is 1.04. The Hall–Kier alpha value is -1.89. The van der Waals surface area contributed by atoms with Gasteiger partial charge in [0.2, 0.25) is 0 Å². The summed E-state index contributed by atoms with van der Waals surface area (Å²) in [6.45, 7) is 3.32. The summed E-state index contributed by atoms with van der Waals surface area (Å²) in [7, 11) is 0. The highest BCUT2D eigenvalue weighted by molar-refractivity contribution is 5.52. The van der Waals surface area contributed by atoms with Gasteiger partial charge in [0.05, 0.1) is 5.56 Å². The van der Waals surface area contributed by atoms with Gasteiger partial charge in [0.15, 0.2) is 0 Å². The second-order valence-corrected chi connectivity index (χ2v) is 2.55. The number of terminal acetylenes is 1. The molecule has 0 aliphatic heterocycles. The average Bonchev–Trinajstić information content (AvgIpc) is 2.15. The molecule has 0 N–H and O–H groups in total. The van der Waals surface area contributed by atoms with E-state index in [0.29, 0.717) is 5.56 Å². The summed E-state index contributed by atoms with van der Waals surface area (Å²) in [5, 5.41) is 0. The van der Waals surface area contributed by atoms with Gasteiger partial charge in [0.25, 0.3) is 0 Å². The summed E-state index contributed by atoms with van der Waals surface area (Å²) >= 11 is 0. The van der Waals surface area contributed by atoms with Gasteiger partial charge in [-0.25, -0.2) is 0 Å². The molecule has 0 unspecified atom stereocenters. The lowest BCUT2D eigenvalue weighted by molar-refractivity contribution is -0.274. The Labute approximate surface area is 85.2 Å². The van der Waals surface area contributed by atoms with Crippen molar-refractivity contribution in [1.29, 1.82) is 0 Å². The fourth-order valence-corrected chi connectivity index (χ4v) is 1.04. The molecule has 0 amide bonds. The van der Waals surface area contributed by atoms with Crippen molar-refractivity contribution in [3.05, 3.63) is 42.0 Å². The van der Waals surface area contributed by atoms with E-state index in [1.54, 1.807) is 0 Å². The van der Waals surface area contributed by atoms with E-state index in [0.717, 1.165) is 6.07 Å². The number of hydrogen-bond donors (Lipinski definition) is 0. The minimum Gasteiger partial charge on any atom is -0.404 e. The van der Waals surface area contributed by atoms with Gasteiger partial charge in [-0.2, -0.15) is 0 Å². The third-order valence-corrected chi connectivity index (χ3v) is 1.59. The maximum Gasteiger partial charge on any atom is 0.573 e. The van der Waals surface area contributed by atoms with Crippen molar-refractivity contribution in [1.82, 2.24) is 0 Å². The van der Waals surface area contributed by atoms with Crippen LogP contribution in [0.1, 0.15) is 11.1 Å². The Morgan fingerprint density at radius 2 is 2.00 bits per heavy atom. The highest BCUT2D eigenvalue weighted by atomic mass is 19.4. The molecule has 0 saturated carbocycles. The molecule has 4 heteroatoms. The Balaban J connectivity index is 3.19. The van der Waals surface area contributed by atoms with Crippen molar-refractivity contribution < 1.29 is 17.9 Å². The first-order valence-corrected chi connectivity index (χ1v) is 3.86. The van der Waals surface area contributed by atoms with Crippen LogP contribution in [0, 0.1) is 18.4 Å². The SMILES string of the molecule is C#Cc1c([C]=C)cccc1OC(F)(F)F. The van der Waals surface area contributed by atoms with E-state index in [1.165, 1.54) is 12.1 Å². The number of benzene rings is 1. The van der Waals surface area contributed by atoms with Gasteiger partial charge >= 0.3 is 6.36 Å². The first kappa shape index (κ1) is 11.2. The summed E-state index contributed by atoms with van der Waals surface area (Å²) in [6.07, 6.45) is 2.76. The minimum absolute atomic E-state index is 0.00942. The van der Waals surface area contributed by atoms with E-state index in [1.807, 2.05) is 0 Å². The number of ether oxygens (including phenoxy) is 1. The fraction of sp³-hybridized carbons (Fsp3) is 0.0909. The summed E-state index contributed by atoms with van der Waals surface area (Å²) in [6, 6.07) is 4.03. The van der Waals surface area contributed by atoms with Crippen LogP contribution in [0.25, 0.3) is 0 Å². The molecule has 1 nitrogen and oxygen atoms in total. The van der Waals surface area contributed by atoms with Crippen molar-refractivity contribution >= 4 is 0 Å². The van der Waals surface area contributed by atoms with Crippen molar-refractivity contribution in [2.24, 2.45) is 0 Å². The Kier molecular flexibility index (Phi) is 3.05. The molecule has 1 aromatic rings. The maximum absolute atomic E-state index is 12.0. The zero-order chi connectivity index (χ0) is 11.5. The van der Waals surface area contributed by atoms with Gasteiger partial charge in [0.1, 0.15) is 5.75 Å². The van der Waals surface area contributed by atoms with Gasteiger partial charge in [0, 0.05) is 5.56 Å². The highest BCUT2D eigenvalue weighted by Crippen LogP contribution is 2.27. The van der Waals surface area contributed by atoms with Crippen LogP contribution in [0.2, 0.25) is 0 Å². The van der Waals surface area contributed by atoms with Crippen LogP contribution >= 0.6 is 0 Å². The molecule has 0 fully saturated rings. The second-order valence-electron chi connectivity index (χ2n) is 2.55. The summed E-state index contributed by atoms with van der Waals surface area (Å²) in [5.41, 5.74) is 0.295. The lowest BCUT2D eigenvalue weighted by Gasteiger charge is -2.11. The minimum atomic E-state index is -4.76. The average molecular weight is 211 g/mol. The lowest BCUT2D eigenvalue weighted by Crippen LogP contribution is -2.18. The molecule has 0 atom stereocenters. The maximum atomic E-state index is 12.0. The van der Waals surface area contributed by atoms with Crippen LogP contribution in [-0.2, 0) is 0 Å². The van der Waals surface area contributed by atoms with E-state index in [-0.39, 0.29) is 5.56 Å². The van der Waals surface area contributed by atoms with Gasteiger partial charge in [-0.05, 0) is 12.1 Å². The van der Waals surface area contributed by atoms with Gasteiger partial charge in [-0.15, -0.1) is 19.6 Å². The van der Waals surface area contributed by atoms with Crippen LogP contribution in [0.4, 0.5) is 13.2 Å². The zero-order valence-corrected chi connectivity index (χ0v) is 7.56. The first-order valence-electron chi connectivity index (χ1n) is 3.86. The van der Waals surface area contributed by atoms with Crippen molar-refractivity contribution in [3.63, 3.8) is 0 Å². The van der Waals surface area contributed by atoms with E-state index < -0.39 is 12.1 Å². The Bertz CT molecular complexity index is 413. The van der Waals surface area contributed by atoms with Gasteiger partial charge in [-0.1, -0.05) is 24.6 Å². The molecular weight excluding hydrogens is 205 g/mol. The monoisotopic (exact) mass is 211 g/mol. The number of hydrogen-bond acceptors (Lipinski definition) is 1. The van der Waals surface area contributed by atoms with E-state index in [9.17, 15) is 13.2 Å². The van der Waals surface area contributed by atoms with E-state index >= 15 is 0 Å². The van der Waals surface area contributed by atoms with Crippen LogP contribution in [0.3, 0.4) is 0 Å². The molecule has 0 aliphatic carbocycles. The number of alkyl halides is 3. The predicted octanol–water partition coefficient (Wildman–Crippen LogP) is 2.90. The molecule has 0 saturated heterocycles. The van der Waals surface area contributed by atoms with Crippen molar-refractivity contribution in [3.8, 4) is 18.1 Å². The third-order valence-electron chi connectivity index (χ3n) is 1.59. The standard InChI is InChI=1S/C11H6F3O/c1-3-8-6-5-7-10(9(8)4-2)15-11(12,13)14/h2,5-7H,1H2. The molecule has 1 radical (unpaired) electrons.